The zero-order valence-electron chi connectivity index (χ0n) is 17.7. The molecule has 0 spiro atoms. The van der Waals surface area contributed by atoms with E-state index < -0.39 is 11.7 Å². The first-order chi connectivity index (χ1) is 14.6. The number of urea groups is 1. The lowest BCUT2D eigenvalue weighted by Gasteiger charge is -2.32. The number of rotatable bonds is 7. The van der Waals surface area contributed by atoms with Crippen LogP contribution < -0.4 is 0 Å². The minimum atomic E-state index is -4.33. The van der Waals surface area contributed by atoms with Gasteiger partial charge in [-0.05, 0) is 49.7 Å². The third kappa shape index (κ3) is 5.98. The number of imide groups is 1. The Bertz CT molecular complexity index is 820. The first-order valence-electron chi connectivity index (χ1n) is 10.6. The molecule has 9 heteroatoms. The minimum absolute atomic E-state index is 0.0174. The first kappa shape index (κ1) is 23.1. The van der Waals surface area contributed by atoms with Crippen molar-refractivity contribution in [3.8, 4) is 0 Å². The topological polar surface area (TPSA) is 60.9 Å². The first-order valence-corrected chi connectivity index (χ1v) is 10.6. The van der Waals surface area contributed by atoms with E-state index in [1.165, 1.54) is 21.9 Å². The molecule has 0 N–H and O–H groups in total. The number of carbonyl (C=O) groups is 3. The molecule has 0 unspecified atom stereocenters. The molecule has 6 nitrogen and oxygen atoms in total. The van der Waals surface area contributed by atoms with E-state index in [1.54, 1.807) is 18.0 Å². The van der Waals surface area contributed by atoms with Gasteiger partial charge < -0.3 is 9.80 Å². The van der Waals surface area contributed by atoms with E-state index in [0.717, 1.165) is 25.3 Å². The van der Waals surface area contributed by atoms with Crippen LogP contribution in [-0.4, -0.2) is 65.8 Å². The molecule has 0 saturated carbocycles. The zero-order chi connectivity index (χ0) is 22.6. The molecule has 0 aliphatic carbocycles. The van der Waals surface area contributed by atoms with E-state index in [0.29, 0.717) is 37.4 Å². The number of hydrogen-bond acceptors (Lipinski definition) is 3. The van der Waals surface area contributed by atoms with E-state index in [1.807, 2.05) is 0 Å². The Balaban J connectivity index is 1.37. The SMILES string of the molecule is CN1CC(=O)N(CCCC(=O)N2CCC(CCc3cccc(C(F)(F)F)c3)CC2)C1=O. The number of likely N-dealkylation sites (N-methyl/N-ethyl adjacent to an activating group) is 1. The molecule has 1 aromatic carbocycles. The molecule has 2 saturated heterocycles. The van der Waals surface area contributed by atoms with Crippen LogP contribution in [-0.2, 0) is 22.2 Å². The number of halogens is 3. The summed E-state index contributed by atoms with van der Waals surface area (Å²) in [5, 5.41) is 0. The average Bonchev–Trinajstić information content (AvgIpc) is 2.98. The fraction of sp³-hybridized carbons (Fsp3) is 0.591. The van der Waals surface area contributed by atoms with E-state index in [2.05, 4.69) is 0 Å². The van der Waals surface area contributed by atoms with E-state index in [-0.39, 0.29) is 37.4 Å². The number of piperidine rings is 1. The molecule has 0 bridgehead atoms. The maximum Gasteiger partial charge on any atom is 0.416 e. The van der Waals surface area contributed by atoms with Gasteiger partial charge in [-0.15, -0.1) is 0 Å². The van der Waals surface area contributed by atoms with Gasteiger partial charge in [0.2, 0.25) is 11.8 Å². The maximum absolute atomic E-state index is 12.8. The number of likely N-dealkylation sites (tertiary alicyclic amines) is 1. The van der Waals surface area contributed by atoms with Gasteiger partial charge in [-0.3, -0.25) is 14.5 Å². The van der Waals surface area contributed by atoms with Crippen molar-refractivity contribution >= 4 is 17.8 Å². The van der Waals surface area contributed by atoms with Crippen LogP contribution in [0.2, 0.25) is 0 Å². The summed E-state index contributed by atoms with van der Waals surface area (Å²) in [6, 6.07) is 5.15. The lowest BCUT2D eigenvalue weighted by molar-refractivity contribution is -0.137. The highest BCUT2D eigenvalue weighted by Crippen LogP contribution is 2.30. The molecule has 2 heterocycles. The average molecular weight is 439 g/mol. The van der Waals surface area contributed by atoms with Crippen molar-refractivity contribution in [2.24, 2.45) is 5.92 Å². The summed E-state index contributed by atoms with van der Waals surface area (Å²) >= 11 is 0. The lowest BCUT2D eigenvalue weighted by atomic mass is 9.90. The lowest BCUT2D eigenvalue weighted by Crippen LogP contribution is -2.39. The van der Waals surface area contributed by atoms with Crippen molar-refractivity contribution < 1.29 is 27.6 Å². The fourth-order valence-corrected chi connectivity index (χ4v) is 4.18. The summed E-state index contributed by atoms with van der Waals surface area (Å²) in [5.74, 6) is 0.166. The van der Waals surface area contributed by atoms with Gasteiger partial charge in [0.1, 0.15) is 6.54 Å². The monoisotopic (exact) mass is 439 g/mol. The number of nitrogens with zero attached hydrogens (tertiary/aromatic N) is 3. The fourth-order valence-electron chi connectivity index (χ4n) is 4.18. The van der Waals surface area contributed by atoms with Crippen molar-refractivity contribution in [3.63, 3.8) is 0 Å². The molecule has 4 amide bonds. The largest absolute Gasteiger partial charge is 0.416 e. The Labute approximate surface area is 180 Å². The molecule has 3 rings (SSSR count). The van der Waals surface area contributed by atoms with Gasteiger partial charge in [0.15, 0.2) is 0 Å². The molecule has 2 fully saturated rings. The van der Waals surface area contributed by atoms with Crippen LogP contribution in [0.1, 0.15) is 43.2 Å². The van der Waals surface area contributed by atoms with Crippen molar-refractivity contribution in [2.75, 3.05) is 33.2 Å². The summed E-state index contributed by atoms with van der Waals surface area (Å²) in [6.45, 7) is 1.61. The van der Waals surface area contributed by atoms with E-state index in [4.69, 9.17) is 0 Å². The number of hydrogen-bond donors (Lipinski definition) is 0. The van der Waals surface area contributed by atoms with Gasteiger partial charge in [0.25, 0.3) is 0 Å². The third-order valence-electron chi connectivity index (χ3n) is 6.07. The molecule has 0 radical (unpaired) electrons. The predicted molar refractivity (Wildman–Crippen MR) is 108 cm³/mol. The van der Waals surface area contributed by atoms with Gasteiger partial charge in [-0.1, -0.05) is 18.2 Å². The zero-order valence-corrected chi connectivity index (χ0v) is 17.7. The number of carbonyl (C=O) groups excluding carboxylic acids is 3. The van der Waals surface area contributed by atoms with Crippen LogP contribution >= 0.6 is 0 Å². The summed E-state index contributed by atoms with van der Waals surface area (Å²) in [4.78, 5) is 40.4. The van der Waals surface area contributed by atoms with Crippen molar-refractivity contribution in [3.05, 3.63) is 35.4 Å². The Hall–Kier alpha value is -2.58. The van der Waals surface area contributed by atoms with Crippen LogP contribution in [0.3, 0.4) is 0 Å². The maximum atomic E-state index is 12.8. The quantitative estimate of drug-likeness (QED) is 0.611. The summed E-state index contributed by atoms with van der Waals surface area (Å²) in [5.41, 5.74) is 0.0689. The molecule has 0 atom stereocenters. The number of benzene rings is 1. The molecule has 1 aromatic rings. The number of alkyl halides is 3. The molecular formula is C22H28F3N3O3. The number of aryl methyl sites for hydroxylation is 1. The van der Waals surface area contributed by atoms with Crippen molar-refractivity contribution in [2.45, 2.75) is 44.7 Å². The van der Waals surface area contributed by atoms with Gasteiger partial charge in [0.05, 0.1) is 5.56 Å². The second-order valence-electron chi connectivity index (χ2n) is 8.35. The molecule has 2 aliphatic rings. The van der Waals surface area contributed by atoms with Crippen molar-refractivity contribution in [1.29, 1.82) is 0 Å². The second-order valence-corrected chi connectivity index (χ2v) is 8.35. The molecule has 31 heavy (non-hydrogen) atoms. The Morgan fingerprint density at radius 3 is 2.48 bits per heavy atom. The highest BCUT2D eigenvalue weighted by molar-refractivity contribution is 6.01. The van der Waals surface area contributed by atoms with Gasteiger partial charge >= 0.3 is 12.2 Å². The van der Waals surface area contributed by atoms with Gasteiger partial charge in [0, 0.05) is 33.1 Å². The van der Waals surface area contributed by atoms with Gasteiger partial charge in [-0.2, -0.15) is 13.2 Å². The third-order valence-corrected chi connectivity index (χ3v) is 6.07. The number of amides is 4. The van der Waals surface area contributed by atoms with Crippen LogP contribution in [0.5, 0.6) is 0 Å². The Morgan fingerprint density at radius 2 is 1.87 bits per heavy atom. The summed E-state index contributed by atoms with van der Waals surface area (Å²) in [6.07, 6.45) is -0.537. The van der Waals surface area contributed by atoms with Crippen LogP contribution in [0.25, 0.3) is 0 Å². The highest BCUT2D eigenvalue weighted by Gasteiger charge is 2.33. The Kier molecular flexibility index (Phi) is 7.23. The molecule has 170 valence electrons. The van der Waals surface area contributed by atoms with E-state index in [9.17, 15) is 27.6 Å². The van der Waals surface area contributed by atoms with Gasteiger partial charge in [-0.25, -0.2) is 4.79 Å². The van der Waals surface area contributed by atoms with Crippen LogP contribution in [0, 0.1) is 5.92 Å². The standard InChI is InChI=1S/C22H28F3N3O3/c1-26-15-20(30)28(21(26)31)11-3-6-19(29)27-12-9-16(10-13-27)7-8-17-4-2-5-18(14-17)22(23,24)25/h2,4-5,14,16H,3,6-13,15H2,1H3. The predicted octanol–water partition coefficient (Wildman–Crippen LogP) is 3.55. The van der Waals surface area contributed by atoms with Crippen LogP contribution in [0.15, 0.2) is 24.3 Å². The highest BCUT2D eigenvalue weighted by atomic mass is 19.4. The normalized spacial score (nSPS) is 18.3. The molecule has 0 aromatic heterocycles. The second kappa shape index (κ2) is 9.70. The van der Waals surface area contributed by atoms with E-state index >= 15 is 0 Å². The Morgan fingerprint density at radius 1 is 1.16 bits per heavy atom. The molecule has 2 aliphatic heterocycles. The summed E-state index contributed by atoms with van der Waals surface area (Å²) in [7, 11) is 1.57. The minimum Gasteiger partial charge on any atom is -0.343 e. The summed E-state index contributed by atoms with van der Waals surface area (Å²) < 4.78 is 38.5. The smallest absolute Gasteiger partial charge is 0.343 e. The molecular weight excluding hydrogens is 411 g/mol. The van der Waals surface area contributed by atoms with Crippen LogP contribution in [0.4, 0.5) is 18.0 Å². The van der Waals surface area contributed by atoms with Crippen molar-refractivity contribution in [1.82, 2.24) is 14.7 Å².